The number of benzene rings is 1. The summed E-state index contributed by atoms with van der Waals surface area (Å²) >= 11 is 1.88. The molecule has 2 heterocycles. The van der Waals surface area contributed by atoms with Gasteiger partial charge < -0.3 is 5.32 Å². The second-order valence-electron chi connectivity index (χ2n) is 6.17. The molecule has 4 heteroatoms. The molecule has 0 saturated carbocycles. The summed E-state index contributed by atoms with van der Waals surface area (Å²) in [6.07, 6.45) is 2.41. The van der Waals surface area contributed by atoms with E-state index in [9.17, 15) is 0 Å². The van der Waals surface area contributed by atoms with Crippen molar-refractivity contribution in [3.05, 3.63) is 35.9 Å². The lowest BCUT2D eigenvalue weighted by Crippen LogP contribution is -2.37. The van der Waals surface area contributed by atoms with Gasteiger partial charge in [0, 0.05) is 30.9 Å². The average Bonchev–Trinajstić information content (AvgIpc) is 2.82. The van der Waals surface area contributed by atoms with E-state index >= 15 is 0 Å². The van der Waals surface area contributed by atoms with Crippen LogP contribution in [0.1, 0.15) is 32.3 Å². The van der Waals surface area contributed by atoms with Crippen LogP contribution >= 0.6 is 11.8 Å². The normalized spacial score (nSPS) is 32.3. The minimum Gasteiger partial charge on any atom is -0.362 e. The second-order valence-corrected chi connectivity index (χ2v) is 7.25. The number of rotatable bonds is 3. The van der Waals surface area contributed by atoms with Gasteiger partial charge in [-0.2, -0.15) is 0 Å². The SMILES string of the molecule is CC1CCSC(=NC2CCN(Cc3ccccc3)C2C)N1. The molecule has 21 heavy (non-hydrogen) atoms. The molecule has 2 fully saturated rings. The van der Waals surface area contributed by atoms with E-state index in [1.54, 1.807) is 0 Å². The highest BCUT2D eigenvalue weighted by molar-refractivity contribution is 8.13. The quantitative estimate of drug-likeness (QED) is 0.930. The lowest BCUT2D eigenvalue weighted by atomic mass is 10.1. The Hall–Kier alpha value is -1.00. The largest absolute Gasteiger partial charge is 0.362 e. The van der Waals surface area contributed by atoms with E-state index in [0.717, 1.165) is 18.3 Å². The molecule has 1 N–H and O–H groups in total. The fourth-order valence-electron chi connectivity index (χ4n) is 3.08. The molecule has 2 aliphatic heterocycles. The highest BCUT2D eigenvalue weighted by Crippen LogP contribution is 2.24. The lowest BCUT2D eigenvalue weighted by Gasteiger charge is -2.25. The molecule has 0 spiro atoms. The second kappa shape index (κ2) is 6.84. The molecule has 0 radical (unpaired) electrons. The molecule has 3 nitrogen and oxygen atoms in total. The summed E-state index contributed by atoms with van der Waals surface area (Å²) in [5.74, 6) is 1.20. The first-order valence-corrected chi connectivity index (χ1v) is 8.96. The molecule has 0 aliphatic carbocycles. The van der Waals surface area contributed by atoms with Crippen LogP contribution in [-0.2, 0) is 6.54 Å². The highest BCUT2D eigenvalue weighted by atomic mass is 32.2. The van der Waals surface area contributed by atoms with E-state index in [1.807, 2.05) is 11.8 Å². The van der Waals surface area contributed by atoms with Gasteiger partial charge in [0.15, 0.2) is 5.17 Å². The Morgan fingerprint density at radius 1 is 1.24 bits per heavy atom. The molecule has 2 aliphatic rings. The van der Waals surface area contributed by atoms with Gasteiger partial charge in [-0.3, -0.25) is 9.89 Å². The summed E-state index contributed by atoms with van der Waals surface area (Å²) in [7, 11) is 0. The van der Waals surface area contributed by atoms with Crippen LogP contribution in [0.15, 0.2) is 35.3 Å². The van der Waals surface area contributed by atoms with Crippen LogP contribution in [0.25, 0.3) is 0 Å². The Labute approximate surface area is 132 Å². The van der Waals surface area contributed by atoms with Gasteiger partial charge in [0.25, 0.3) is 0 Å². The predicted molar refractivity (Wildman–Crippen MR) is 91.8 cm³/mol. The fraction of sp³-hybridized carbons (Fsp3) is 0.588. The fourth-order valence-corrected chi connectivity index (χ4v) is 4.24. The van der Waals surface area contributed by atoms with E-state index < -0.39 is 0 Å². The van der Waals surface area contributed by atoms with Crippen LogP contribution in [-0.4, -0.2) is 40.5 Å². The van der Waals surface area contributed by atoms with Crippen molar-refractivity contribution in [2.75, 3.05) is 12.3 Å². The van der Waals surface area contributed by atoms with Gasteiger partial charge >= 0.3 is 0 Å². The average molecular weight is 303 g/mol. The first-order valence-electron chi connectivity index (χ1n) is 7.97. The third-order valence-corrected chi connectivity index (χ3v) is 5.45. The minimum atomic E-state index is 0.439. The van der Waals surface area contributed by atoms with E-state index in [4.69, 9.17) is 4.99 Å². The first kappa shape index (κ1) is 14.9. The molecule has 0 aromatic heterocycles. The van der Waals surface area contributed by atoms with Gasteiger partial charge in [0.05, 0.1) is 6.04 Å². The molecule has 3 rings (SSSR count). The maximum Gasteiger partial charge on any atom is 0.157 e. The number of hydrogen-bond donors (Lipinski definition) is 1. The van der Waals surface area contributed by atoms with Crippen molar-refractivity contribution in [3.8, 4) is 0 Å². The van der Waals surface area contributed by atoms with Crippen molar-refractivity contribution in [2.24, 2.45) is 4.99 Å². The van der Waals surface area contributed by atoms with Crippen LogP contribution in [0.2, 0.25) is 0 Å². The zero-order valence-corrected chi connectivity index (χ0v) is 13.8. The number of aliphatic imine (C=N–C) groups is 1. The van der Waals surface area contributed by atoms with Crippen LogP contribution in [0.4, 0.5) is 0 Å². The standard InChI is InChI=1S/C17H25N3S/c1-13-9-11-21-17(18-13)19-16-8-10-20(14(16)2)12-15-6-4-3-5-7-15/h3-7,13-14,16H,8-12H2,1-2H3,(H,18,19). The van der Waals surface area contributed by atoms with Crippen molar-refractivity contribution in [1.29, 1.82) is 0 Å². The van der Waals surface area contributed by atoms with Crippen molar-refractivity contribution in [1.82, 2.24) is 10.2 Å². The minimum absolute atomic E-state index is 0.439. The van der Waals surface area contributed by atoms with E-state index in [0.29, 0.717) is 18.1 Å². The van der Waals surface area contributed by atoms with Crippen molar-refractivity contribution in [2.45, 2.75) is 51.4 Å². The maximum absolute atomic E-state index is 4.99. The number of thioether (sulfide) groups is 1. The van der Waals surface area contributed by atoms with Crippen molar-refractivity contribution >= 4 is 16.9 Å². The Morgan fingerprint density at radius 3 is 2.81 bits per heavy atom. The van der Waals surface area contributed by atoms with E-state index in [-0.39, 0.29) is 0 Å². The van der Waals surface area contributed by atoms with E-state index in [1.165, 1.54) is 24.2 Å². The number of hydrogen-bond acceptors (Lipinski definition) is 3. The molecular formula is C17H25N3S. The third-order valence-electron chi connectivity index (χ3n) is 4.52. The summed E-state index contributed by atoms with van der Waals surface area (Å²) in [5.41, 5.74) is 1.40. The number of amidine groups is 1. The zero-order chi connectivity index (χ0) is 14.7. The molecule has 3 atom stereocenters. The number of nitrogens with zero attached hydrogens (tertiary/aromatic N) is 2. The van der Waals surface area contributed by atoms with Crippen molar-refractivity contribution in [3.63, 3.8) is 0 Å². The van der Waals surface area contributed by atoms with Crippen LogP contribution in [0.3, 0.4) is 0 Å². The van der Waals surface area contributed by atoms with Crippen molar-refractivity contribution < 1.29 is 0 Å². The van der Waals surface area contributed by atoms with Gasteiger partial charge in [-0.25, -0.2) is 0 Å². The Kier molecular flexibility index (Phi) is 4.86. The smallest absolute Gasteiger partial charge is 0.157 e. The molecule has 1 aromatic rings. The topological polar surface area (TPSA) is 27.6 Å². The first-order chi connectivity index (χ1) is 10.2. The number of nitrogens with one attached hydrogen (secondary N) is 1. The van der Waals surface area contributed by atoms with Gasteiger partial charge in [-0.05, 0) is 32.3 Å². The third kappa shape index (κ3) is 3.80. The number of likely N-dealkylation sites (tertiary alicyclic amines) is 1. The summed E-state index contributed by atoms with van der Waals surface area (Å²) in [5, 5.41) is 4.68. The molecule has 3 unspecified atom stereocenters. The Balaban J connectivity index is 1.61. The van der Waals surface area contributed by atoms with Gasteiger partial charge in [0.2, 0.25) is 0 Å². The molecule has 0 bridgehead atoms. The highest BCUT2D eigenvalue weighted by Gasteiger charge is 2.31. The zero-order valence-electron chi connectivity index (χ0n) is 13.0. The predicted octanol–water partition coefficient (Wildman–Crippen LogP) is 3.12. The van der Waals surface area contributed by atoms with Gasteiger partial charge in [-0.15, -0.1) is 0 Å². The van der Waals surface area contributed by atoms with Crippen LogP contribution in [0.5, 0.6) is 0 Å². The summed E-state index contributed by atoms with van der Waals surface area (Å²) < 4.78 is 0. The Bertz CT molecular complexity index is 488. The molecule has 1 aromatic carbocycles. The van der Waals surface area contributed by atoms with Crippen LogP contribution < -0.4 is 5.32 Å². The maximum atomic E-state index is 4.99. The molecule has 0 amide bonds. The monoisotopic (exact) mass is 303 g/mol. The molecule has 114 valence electrons. The summed E-state index contributed by atoms with van der Waals surface area (Å²) in [6.45, 7) is 6.76. The van der Waals surface area contributed by atoms with E-state index in [2.05, 4.69) is 54.4 Å². The molecular weight excluding hydrogens is 278 g/mol. The lowest BCUT2D eigenvalue weighted by molar-refractivity contribution is 0.252. The van der Waals surface area contributed by atoms with Gasteiger partial charge in [-0.1, -0.05) is 42.1 Å². The van der Waals surface area contributed by atoms with Gasteiger partial charge in [0.1, 0.15) is 0 Å². The Morgan fingerprint density at radius 2 is 2.05 bits per heavy atom. The molecule has 2 saturated heterocycles. The summed E-state index contributed by atoms with van der Waals surface area (Å²) in [4.78, 5) is 7.54. The van der Waals surface area contributed by atoms with Crippen LogP contribution in [0, 0.1) is 0 Å². The summed E-state index contributed by atoms with van der Waals surface area (Å²) in [6, 6.07) is 12.3.